The van der Waals surface area contributed by atoms with Crippen molar-refractivity contribution in [2.24, 2.45) is 5.92 Å². The Labute approximate surface area is 113 Å². The van der Waals surface area contributed by atoms with Crippen LogP contribution < -0.4 is 5.32 Å². The topological polar surface area (TPSA) is 35.5 Å². The van der Waals surface area contributed by atoms with E-state index < -0.39 is 0 Å². The van der Waals surface area contributed by atoms with Crippen LogP contribution in [-0.4, -0.2) is 47.8 Å². The molecule has 2 unspecified atom stereocenters. The van der Waals surface area contributed by atoms with Crippen molar-refractivity contribution in [3.8, 4) is 0 Å². The van der Waals surface area contributed by atoms with Crippen LogP contribution >= 0.6 is 0 Å². The maximum absolute atomic E-state index is 9.59. The van der Waals surface area contributed by atoms with E-state index in [-0.39, 0.29) is 12.1 Å². The van der Waals surface area contributed by atoms with Gasteiger partial charge in [0.1, 0.15) is 0 Å². The molecule has 1 fully saturated rings. The highest BCUT2D eigenvalue weighted by Crippen LogP contribution is 2.31. The molecule has 0 aliphatic heterocycles. The fraction of sp³-hybridized carbons (Fsp3) is 1.00. The van der Waals surface area contributed by atoms with Gasteiger partial charge in [0, 0.05) is 18.1 Å². The molecule has 2 atom stereocenters. The second-order valence-electron chi connectivity index (χ2n) is 6.24. The summed E-state index contributed by atoms with van der Waals surface area (Å²) in [6, 6.07) is 0.543. The number of rotatable bonds is 10. The standard InChI is InChI=1S/C15H32N2O/c1-5-9-17(11-14-7-8-14)13(3)10-15(4,12-18)16-6-2/h13-14,16,18H,5-12H2,1-4H3. The average Bonchev–Trinajstić information content (AvgIpc) is 3.12. The first-order valence-electron chi connectivity index (χ1n) is 7.64. The Bertz CT molecular complexity index is 231. The Hall–Kier alpha value is -0.120. The van der Waals surface area contributed by atoms with Crippen molar-refractivity contribution in [1.82, 2.24) is 10.2 Å². The minimum absolute atomic E-state index is 0.135. The molecule has 1 rings (SSSR count). The maximum Gasteiger partial charge on any atom is 0.0611 e. The molecule has 2 N–H and O–H groups in total. The molecule has 18 heavy (non-hydrogen) atoms. The summed E-state index contributed by atoms with van der Waals surface area (Å²) in [4.78, 5) is 2.61. The Morgan fingerprint density at radius 2 is 2.06 bits per heavy atom. The van der Waals surface area contributed by atoms with Crippen molar-refractivity contribution in [1.29, 1.82) is 0 Å². The summed E-state index contributed by atoms with van der Waals surface area (Å²) in [6.45, 7) is 12.4. The van der Waals surface area contributed by atoms with Gasteiger partial charge in [0.2, 0.25) is 0 Å². The fourth-order valence-electron chi connectivity index (χ4n) is 2.81. The third-order valence-corrected chi connectivity index (χ3v) is 4.02. The van der Waals surface area contributed by atoms with E-state index in [2.05, 4.69) is 37.9 Å². The minimum atomic E-state index is -0.135. The average molecular weight is 256 g/mol. The molecule has 0 heterocycles. The first-order chi connectivity index (χ1) is 8.54. The van der Waals surface area contributed by atoms with Crippen LogP contribution in [0.3, 0.4) is 0 Å². The third kappa shape index (κ3) is 5.25. The first-order valence-corrected chi connectivity index (χ1v) is 7.64. The van der Waals surface area contributed by atoms with E-state index in [4.69, 9.17) is 0 Å². The molecule has 0 spiro atoms. The van der Waals surface area contributed by atoms with E-state index in [1.165, 1.54) is 32.4 Å². The van der Waals surface area contributed by atoms with Crippen molar-refractivity contribution in [2.45, 2.75) is 65.0 Å². The smallest absolute Gasteiger partial charge is 0.0611 e. The van der Waals surface area contributed by atoms with Crippen LogP contribution in [-0.2, 0) is 0 Å². The lowest BCUT2D eigenvalue weighted by Gasteiger charge is -2.36. The molecule has 0 amide bonds. The fourth-order valence-corrected chi connectivity index (χ4v) is 2.81. The van der Waals surface area contributed by atoms with Gasteiger partial charge in [-0.2, -0.15) is 0 Å². The summed E-state index contributed by atoms with van der Waals surface area (Å²) >= 11 is 0. The monoisotopic (exact) mass is 256 g/mol. The van der Waals surface area contributed by atoms with Crippen LogP contribution in [0.25, 0.3) is 0 Å². The zero-order valence-electron chi connectivity index (χ0n) is 12.7. The van der Waals surface area contributed by atoms with E-state index >= 15 is 0 Å². The molecular formula is C15H32N2O. The van der Waals surface area contributed by atoms with Gasteiger partial charge >= 0.3 is 0 Å². The lowest BCUT2D eigenvalue weighted by Crippen LogP contribution is -2.51. The Kier molecular flexibility index (Phi) is 6.61. The SMILES string of the molecule is CCCN(CC1CC1)C(C)CC(C)(CO)NCC. The maximum atomic E-state index is 9.59. The molecular weight excluding hydrogens is 224 g/mol. The summed E-state index contributed by atoms with van der Waals surface area (Å²) in [5.41, 5.74) is -0.135. The van der Waals surface area contributed by atoms with Crippen LogP contribution in [0.1, 0.15) is 53.4 Å². The summed E-state index contributed by atoms with van der Waals surface area (Å²) in [6.07, 6.45) is 5.06. The highest BCUT2D eigenvalue weighted by atomic mass is 16.3. The van der Waals surface area contributed by atoms with Crippen molar-refractivity contribution < 1.29 is 5.11 Å². The van der Waals surface area contributed by atoms with Crippen LogP contribution in [0.4, 0.5) is 0 Å². The van der Waals surface area contributed by atoms with Gasteiger partial charge in [-0.3, -0.25) is 0 Å². The number of hydrogen-bond acceptors (Lipinski definition) is 3. The second-order valence-corrected chi connectivity index (χ2v) is 6.24. The van der Waals surface area contributed by atoms with E-state index in [1.54, 1.807) is 0 Å². The third-order valence-electron chi connectivity index (χ3n) is 4.02. The van der Waals surface area contributed by atoms with Gasteiger partial charge in [-0.05, 0) is 58.5 Å². The quantitative estimate of drug-likeness (QED) is 0.629. The lowest BCUT2D eigenvalue weighted by molar-refractivity contribution is 0.112. The summed E-state index contributed by atoms with van der Waals surface area (Å²) in [5.74, 6) is 0.943. The molecule has 0 radical (unpaired) electrons. The minimum Gasteiger partial charge on any atom is -0.394 e. The van der Waals surface area contributed by atoms with Gasteiger partial charge < -0.3 is 15.3 Å². The number of nitrogens with one attached hydrogen (secondary N) is 1. The largest absolute Gasteiger partial charge is 0.394 e. The van der Waals surface area contributed by atoms with E-state index in [9.17, 15) is 5.11 Å². The van der Waals surface area contributed by atoms with Crippen LogP contribution in [0.5, 0.6) is 0 Å². The van der Waals surface area contributed by atoms with Gasteiger partial charge in [0.05, 0.1) is 6.61 Å². The Balaban J connectivity index is 2.49. The van der Waals surface area contributed by atoms with Gasteiger partial charge in [-0.25, -0.2) is 0 Å². The zero-order valence-corrected chi connectivity index (χ0v) is 12.7. The second kappa shape index (κ2) is 7.46. The molecule has 0 bridgehead atoms. The summed E-state index contributed by atoms with van der Waals surface area (Å²) in [5, 5.41) is 13.0. The number of nitrogens with zero attached hydrogens (tertiary/aromatic N) is 1. The van der Waals surface area contributed by atoms with Gasteiger partial charge in [0.25, 0.3) is 0 Å². The lowest BCUT2D eigenvalue weighted by atomic mass is 9.93. The molecule has 1 aliphatic carbocycles. The van der Waals surface area contributed by atoms with Crippen molar-refractivity contribution in [3.05, 3.63) is 0 Å². The summed E-state index contributed by atoms with van der Waals surface area (Å²) < 4.78 is 0. The predicted octanol–water partition coefficient (Wildman–Crippen LogP) is 2.25. The van der Waals surface area contributed by atoms with E-state index in [0.717, 1.165) is 18.9 Å². The zero-order chi connectivity index (χ0) is 13.6. The molecule has 1 aliphatic rings. The van der Waals surface area contributed by atoms with E-state index in [1.807, 2.05) is 0 Å². The molecule has 0 saturated heterocycles. The highest BCUT2D eigenvalue weighted by Gasteiger charge is 2.30. The van der Waals surface area contributed by atoms with Crippen LogP contribution in [0.15, 0.2) is 0 Å². The van der Waals surface area contributed by atoms with Gasteiger partial charge in [0.15, 0.2) is 0 Å². The number of aliphatic hydroxyl groups is 1. The summed E-state index contributed by atoms with van der Waals surface area (Å²) in [7, 11) is 0. The molecule has 108 valence electrons. The highest BCUT2D eigenvalue weighted by molar-refractivity contribution is 4.88. The van der Waals surface area contributed by atoms with Crippen LogP contribution in [0.2, 0.25) is 0 Å². The molecule has 1 saturated carbocycles. The Morgan fingerprint density at radius 1 is 1.39 bits per heavy atom. The Morgan fingerprint density at radius 3 is 2.50 bits per heavy atom. The van der Waals surface area contributed by atoms with Gasteiger partial charge in [-0.15, -0.1) is 0 Å². The molecule has 3 heteroatoms. The predicted molar refractivity (Wildman–Crippen MR) is 77.8 cm³/mol. The van der Waals surface area contributed by atoms with E-state index in [0.29, 0.717) is 6.04 Å². The number of hydrogen-bond donors (Lipinski definition) is 2. The van der Waals surface area contributed by atoms with Gasteiger partial charge in [-0.1, -0.05) is 13.8 Å². The number of likely N-dealkylation sites (N-methyl/N-ethyl adjacent to an activating group) is 1. The first kappa shape index (κ1) is 15.9. The van der Waals surface area contributed by atoms with Crippen LogP contribution in [0, 0.1) is 5.92 Å². The molecule has 3 nitrogen and oxygen atoms in total. The van der Waals surface area contributed by atoms with Crippen molar-refractivity contribution in [3.63, 3.8) is 0 Å². The number of aliphatic hydroxyl groups excluding tert-OH is 1. The van der Waals surface area contributed by atoms with Crippen molar-refractivity contribution >= 4 is 0 Å². The molecule has 0 aromatic carbocycles. The van der Waals surface area contributed by atoms with Crippen molar-refractivity contribution in [2.75, 3.05) is 26.2 Å². The molecule has 0 aromatic heterocycles. The molecule has 0 aromatic rings. The normalized spacial score (nSPS) is 21.0.